The van der Waals surface area contributed by atoms with Crippen molar-refractivity contribution in [1.82, 2.24) is 0 Å². The summed E-state index contributed by atoms with van der Waals surface area (Å²) in [6, 6.07) is 18.6. The van der Waals surface area contributed by atoms with Crippen LogP contribution in [0.25, 0.3) is 0 Å². The molecule has 4 rings (SSSR count). The number of phenols is 1. The SMILES string of the molecule is Nc1ccccc1NC(=O)/C=C/CCC[C@H](OC(=O)Nc1ccc2c(c1)OCO2)c1ccc(O)cc1. The van der Waals surface area contributed by atoms with E-state index in [1.54, 1.807) is 72.8 Å². The Kier molecular flexibility index (Phi) is 7.92. The number of carbonyl (C=O) groups excluding carboxylic acids is 2. The number of para-hydroxylation sites is 2. The van der Waals surface area contributed by atoms with Gasteiger partial charge in [0.25, 0.3) is 0 Å². The van der Waals surface area contributed by atoms with Crippen molar-refractivity contribution in [3.05, 3.63) is 84.4 Å². The first-order valence-corrected chi connectivity index (χ1v) is 11.5. The smallest absolute Gasteiger partial charge is 0.412 e. The molecule has 0 spiro atoms. The van der Waals surface area contributed by atoms with E-state index >= 15 is 0 Å². The van der Waals surface area contributed by atoms with Crippen molar-refractivity contribution in [1.29, 1.82) is 0 Å². The number of hydrogen-bond donors (Lipinski definition) is 4. The third-order valence-corrected chi connectivity index (χ3v) is 5.46. The van der Waals surface area contributed by atoms with Crippen molar-refractivity contribution in [2.24, 2.45) is 0 Å². The van der Waals surface area contributed by atoms with Crippen LogP contribution in [0.1, 0.15) is 30.9 Å². The molecule has 186 valence electrons. The molecular formula is C27H27N3O6. The maximum Gasteiger partial charge on any atom is 0.412 e. The molecule has 9 heteroatoms. The van der Waals surface area contributed by atoms with Gasteiger partial charge >= 0.3 is 6.09 Å². The normalized spacial score (nSPS) is 12.8. The Bertz CT molecular complexity index is 1240. The lowest BCUT2D eigenvalue weighted by Crippen LogP contribution is -2.17. The number of unbranched alkanes of at least 4 members (excludes halogenated alkanes) is 1. The summed E-state index contributed by atoms with van der Waals surface area (Å²) in [5, 5.41) is 15.1. The van der Waals surface area contributed by atoms with Crippen LogP contribution < -0.4 is 25.8 Å². The minimum Gasteiger partial charge on any atom is -0.508 e. The number of nitrogens with one attached hydrogen (secondary N) is 2. The minimum atomic E-state index is -0.623. The second-order valence-electron chi connectivity index (χ2n) is 8.09. The van der Waals surface area contributed by atoms with Crippen LogP contribution in [0.3, 0.4) is 0 Å². The number of allylic oxidation sites excluding steroid dienone is 1. The molecule has 0 fully saturated rings. The molecule has 1 aliphatic rings. The van der Waals surface area contributed by atoms with Crippen molar-refractivity contribution >= 4 is 29.1 Å². The summed E-state index contributed by atoms with van der Waals surface area (Å²) in [6.07, 6.45) is 3.80. The van der Waals surface area contributed by atoms with Gasteiger partial charge in [0.1, 0.15) is 11.9 Å². The molecule has 0 saturated carbocycles. The second kappa shape index (κ2) is 11.7. The number of aromatic hydroxyl groups is 1. The van der Waals surface area contributed by atoms with Crippen LogP contribution in [0.4, 0.5) is 21.9 Å². The Labute approximate surface area is 208 Å². The number of phenolic OH excluding ortho intramolecular Hbond substituents is 1. The van der Waals surface area contributed by atoms with Crippen molar-refractivity contribution < 1.29 is 28.9 Å². The molecule has 0 radical (unpaired) electrons. The van der Waals surface area contributed by atoms with Gasteiger partial charge in [-0.2, -0.15) is 0 Å². The first kappa shape index (κ1) is 24.5. The number of anilines is 3. The molecular weight excluding hydrogens is 462 g/mol. The first-order chi connectivity index (χ1) is 17.5. The Morgan fingerprint density at radius 1 is 1.03 bits per heavy atom. The zero-order chi connectivity index (χ0) is 25.3. The predicted molar refractivity (Wildman–Crippen MR) is 136 cm³/mol. The molecule has 3 aromatic rings. The highest BCUT2D eigenvalue weighted by Gasteiger charge is 2.19. The Morgan fingerprint density at radius 3 is 2.61 bits per heavy atom. The van der Waals surface area contributed by atoms with Gasteiger partial charge in [0.15, 0.2) is 11.5 Å². The topological polar surface area (TPSA) is 132 Å². The molecule has 3 aromatic carbocycles. The lowest BCUT2D eigenvalue weighted by molar-refractivity contribution is -0.111. The maximum atomic E-state index is 12.6. The van der Waals surface area contributed by atoms with E-state index in [-0.39, 0.29) is 18.4 Å². The number of rotatable bonds is 9. The summed E-state index contributed by atoms with van der Waals surface area (Å²) in [7, 11) is 0. The summed E-state index contributed by atoms with van der Waals surface area (Å²) in [5.41, 5.74) is 8.15. The molecule has 9 nitrogen and oxygen atoms in total. The molecule has 0 bridgehead atoms. The number of fused-ring (bicyclic) bond motifs is 1. The summed E-state index contributed by atoms with van der Waals surface area (Å²) in [4.78, 5) is 24.7. The van der Waals surface area contributed by atoms with E-state index in [2.05, 4.69) is 10.6 Å². The summed E-state index contributed by atoms with van der Waals surface area (Å²) < 4.78 is 16.3. The molecule has 1 heterocycles. The van der Waals surface area contributed by atoms with Gasteiger partial charge in [-0.15, -0.1) is 0 Å². The van der Waals surface area contributed by atoms with E-state index in [1.807, 2.05) is 0 Å². The van der Waals surface area contributed by atoms with Crippen molar-refractivity contribution in [3.8, 4) is 17.2 Å². The lowest BCUT2D eigenvalue weighted by atomic mass is 10.0. The molecule has 0 saturated heterocycles. The molecule has 0 aromatic heterocycles. The van der Waals surface area contributed by atoms with Crippen LogP contribution in [-0.2, 0) is 9.53 Å². The Balaban J connectivity index is 1.31. The fraction of sp³-hybridized carbons (Fsp3) is 0.185. The van der Waals surface area contributed by atoms with Gasteiger partial charge in [-0.1, -0.05) is 30.3 Å². The fourth-order valence-electron chi connectivity index (χ4n) is 3.63. The second-order valence-corrected chi connectivity index (χ2v) is 8.09. The van der Waals surface area contributed by atoms with Crippen LogP contribution in [-0.4, -0.2) is 23.9 Å². The molecule has 36 heavy (non-hydrogen) atoms. The largest absolute Gasteiger partial charge is 0.508 e. The number of amides is 2. The van der Waals surface area contributed by atoms with Gasteiger partial charge in [-0.05, 0) is 67.3 Å². The average Bonchev–Trinajstić information content (AvgIpc) is 3.33. The van der Waals surface area contributed by atoms with Gasteiger partial charge in [0.2, 0.25) is 12.7 Å². The van der Waals surface area contributed by atoms with Crippen LogP contribution >= 0.6 is 0 Å². The van der Waals surface area contributed by atoms with Gasteiger partial charge in [-0.25, -0.2) is 4.79 Å². The van der Waals surface area contributed by atoms with E-state index in [9.17, 15) is 14.7 Å². The highest BCUT2D eigenvalue weighted by molar-refractivity contribution is 6.01. The Hall–Kier alpha value is -4.66. The summed E-state index contributed by atoms with van der Waals surface area (Å²) >= 11 is 0. The van der Waals surface area contributed by atoms with Crippen molar-refractivity contribution in [2.45, 2.75) is 25.4 Å². The number of nitrogen functional groups attached to an aromatic ring is 1. The highest BCUT2D eigenvalue weighted by atomic mass is 16.7. The maximum absolute atomic E-state index is 12.6. The monoisotopic (exact) mass is 489 g/mol. The predicted octanol–water partition coefficient (Wildman–Crippen LogP) is 5.36. The molecule has 1 atom stereocenters. The summed E-state index contributed by atoms with van der Waals surface area (Å²) in [5.74, 6) is 1.01. The van der Waals surface area contributed by atoms with Gasteiger partial charge < -0.3 is 30.4 Å². The third-order valence-electron chi connectivity index (χ3n) is 5.46. The minimum absolute atomic E-state index is 0.121. The molecule has 5 N–H and O–H groups in total. The number of benzene rings is 3. The van der Waals surface area contributed by atoms with Crippen LogP contribution in [0.2, 0.25) is 0 Å². The van der Waals surface area contributed by atoms with E-state index in [0.717, 1.165) is 5.56 Å². The van der Waals surface area contributed by atoms with Crippen LogP contribution in [0.5, 0.6) is 17.2 Å². The average molecular weight is 490 g/mol. The number of carbonyl (C=O) groups is 2. The van der Waals surface area contributed by atoms with Crippen LogP contribution in [0.15, 0.2) is 78.9 Å². The van der Waals surface area contributed by atoms with E-state index in [4.69, 9.17) is 19.9 Å². The number of hydrogen-bond acceptors (Lipinski definition) is 7. The first-order valence-electron chi connectivity index (χ1n) is 11.5. The molecule has 2 amide bonds. The Morgan fingerprint density at radius 2 is 1.81 bits per heavy atom. The van der Waals surface area contributed by atoms with Crippen molar-refractivity contribution in [3.63, 3.8) is 0 Å². The quantitative estimate of drug-likeness (QED) is 0.181. The number of nitrogens with two attached hydrogens (primary N) is 1. The van der Waals surface area contributed by atoms with Gasteiger partial charge in [-0.3, -0.25) is 10.1 Å². The zero-order valence-electron chi connectivity index (χ0n) is 19.5. The van der Waals surface area contributed by atoms with Crippen LogP contribution in [0, 0.1) is 0 Å². The zero-order valence-corrected chi connectivity index (χ0v) is 19.5. The van der Waals surface area contributed by atoms with E-state index < -0.39 is 12.2 Å². The molecule has 0 aliphatic carbocycles. The van der Waals surface area contributed by atoms with Crippen molar-refractivity contribution in [2.75, 3.05) is 23.2 Å². The highest BCUT2D eigenvalue weighted by Crippen LogP contribution is 2.34. The summed E-state index contributed by atoms with van der Waals surface area (Å²) in [6.45, 7) is 0.141. The van der Waals surface area contributed by atoms with Gasteiger partial charge in [0.05, 0.1) is 11.4 Å². The molecule has 0 unspecified atom stereocenters. The van der Waals surface area contributed by atoms with Gasteiger partial charge in [0, 0.05) is 11.8 Å². The standard InChI is InChI=1S/C27H27N3O6/c28-21-6-4-5-7-22(21)30-26(32)9-3-1-2-8-23(18-10-13-20(31)14-11-18)36-27(33)29-19-12-15-24-25(16-19)35-17-34-24/h3-7,9-16,23,31H,1-2,8,17,28H2,(H,29,33)(H,30,32)/b9-3+/t23-/m0/s1. The third kappa shape index (κ3) is 6.69. The van der Waals surface area contributed by atoms with E-state index in [1.165, 1.54) is 6.08 Å². The fourth-order valence-corrected chi connectivity index (χ4v) is 3.63. The molecule has 1 aliphatic heterocycles. The number of ether oxygens (including phenoxy) is 3. The lowest BCUT2D eigenvalue weighted by Gasteiger charge is -2.19. The van der Waals surface area contributed by atoms with E-state index in [0.29, 0.717) is 47.8 Å².